The number of rotatable bonds is 5. The fourth-order valence-electron chi connectivity index (χ4n) is 2.64. The lowest BCUT2D eigenvalue weighted by Crippen LogP contribution is -2.22. The van der Waals surface area contributed by atoms with Crippen LogP contribution in [0.4, 0.5) is 5.00 Å². The minimum atomic E-state index is -0.371. The third-order valence-electron chi connectivity index (χ3n) is 3.92. The summed E-state index contributed by atoms with van der Waals surface area (Å²) < 4.78 is 16.1. The Kier molecular flexibility index (Phi) is 5.23. The van der Waals surface area contributed by atoms with E-state index in [0.29, 0.717) is 39.6 Å². The van der Waals surface area contributed by atoms with Gasteiger partial charge in [-0.3, -0.25) is 9.59 Å². The van der Waals surface area contributed by atoms with E-state index >= 15 is 0 Å². The molecule has 2 N–H and O–H groups in total. The Morgan fingerprint density at radius 1 is 1.11 bits per heavy atom. The van der Waals surface area contributed by atoms with Gasteiger partial charge < -0.3 is 24.5 Å². The van der Waals surface area contributed by atoms with Crippen LogP contribution in [0.2, 0.25) is 5.02 Å². The minimum Gasteiger partial charge on any atom is -0.486 e. The van der Waals surface area contributed by atoms with E-state index in [2.05, 4.69) is 10.6 Å². The van der Waals surface area contributed by atoms with Crippen molar-refractivity contribution >= 4 is 39.8 Å². The lowest BCUT2D eigenvalue weighted by molar-refractivity contribution is 0.0953. The summed E-state index contributed by atoms with van der Waals surface area (Å²) in [4.78, 5) is 24.9. The minimum absolute atomic E-state index is 0.204. The van der Waals surface area contributed by atoms with Crippen molar-refractivity contribution in [3.63, 3.8) is 0 Å². The van der Waals surface area contributed by atoms with Gasteiger partial charge in [-0.1, -0.05) is 11.6 Å². The highest BCUT2D eigenvalue weighted by Crippen LogP contribution is 2.38. The molecule has 28 heavy (non-hydrogen) atoms. The Labute approximate surface area is 169 Å². The average molecular weight is 419 g/mol. The predicted molar refractivity (Wildman–Crippen MR) is 105 cm³/mol. The Bertz CT molecular complexity index is 1020. The molecule has 0 saturated carbocycles. The lowest BCUT2D eigenvalue weighted by Gasteiger charge is -2.20. The van der Waals surface area contributed by atoms with Crippen LogP contribution in [0.3, 0.4) is 0 Å². The number of carbonyl (C=O) groups is 2. The summed E-state index contributed by atoms with van der Waals surface area (Å²) in [6, 6.07) is 10.0. The summed E-state index contributed by atoms with van der Waals surface area (Å²) in [6.45, 7) is 1.20. The fraction of sp³-hybridized carbons (Fsp3) is 0.158. The molecule has 7 nitrogen and oxygen atoms in total. The van der Waals surface area contributed by atoms with Crippen molar-refractivity contribution in [3.05, 3.63) is 63.9 Å². The first kappa shape index (κ1) is 18.4. The second-order valence-corrected chi connectivity index (χ2v) is 7.37. The van der Waals surface area contributed by atoms with Crippen LogP contribution in [0.1, 0.15) is 25.8 Å². The zero-order chi connectivity index (χ0) is 19.5. The molecule has 0 unspecified atom stereocenters. The van der Waals surface area contributed by atoms with E-state index in [0.717, 1.165) is 5.56 Å². The topological polar surface area (TPSA) is 89.8 Å². The Morgan fingerprint density at radius 2 is 1.96 bits per heavy atom. The van der Waals surface area contributed by atoms with Gasteiger partial charge in [0, 0.05) is 6.54 Å². The van der Waals surface area contributed by atoms with E-state index in [1.165, 1.54) is 17.6 Å². The lowest BCUT2D eigenvalue weighted by atomic mass is 10.2. The second kappa shape index (κ2) is 7.95. The smallest absolute Gasteiger partial charge is 0.291 e. The standard InChI is InChI=1S/C19H15ClN2O5S/c20-12-8-11(9-14-17(12)27-7-6-26-14)10-21-19(24)15-3-4-16(28-15)22-18(23)13-2-1-5-25-13/h1-5,8-9H,6-7,10H2,(H,21,24)(H,22,23). The Morgan fingerprint density at radius 3 is 2.79 bits per heavy atom. The zero-order valence-electron chi connectivity index (χ0n) is 14.5. The van der Waals surface area contributed by atoms with Crippen molar-refractivity contribution < 1.29 is 23.5 Å². The monoisotopic (exact) mass is 418 g/mol. The fourth-order valence-corrected chi connectivity index (χ4v) is 3.75. The summed E-state index contributed by atoms with van der Waals surface area (Å²) >= 11 is 7.38. The van der Waals surface area contributed by atoms with Gasteiger partial charge in [-0.05, 0) is 42.0 Å². The highest BCUT2D eigenvalue weighted by molar-refractivity contribution is 7.18. The molecule has 0 fully saturated rings. The number of hydrogen-bond donors (Lipinski definition) is 2. The van der Waals surface area contributed by atoms with Crippen LogP contribution in [0.5, 0.6) is 11.5 Å². The number of thiophene rings is 1. The number of ether oxygens (including phenoxy) is 2. The number of hydrogen-bond acceptors (Lipinski definition) is 6. The van der Waals surface area contributed by atoms with Crippen molar-refractivity contribution in [2.24, 2.45) is 0 Å². The predicted octanol–water partition coefficient (Wildman–Crippen LogP) is 3.95. The molecule has 3 aromatic rings. The normalized spacial score (nSPS) is 12.5. The van der Waals surface area contributed by atoms with E-state index in [-0.39, 0.29) is 24.1 Å². The van der Waals surface area contributed by atoms with Gasteiger partial charge in [0.25, 0.3) is 11.8 Å². The van der Waals surface area contributed by atoms with E-state index in [1.807, 2.05) is 0 Å². The second-order valence-electron chi connectivity index (χ2n) is 5.88. The maximum atomic E-state index is 12.4. The first-order chi connectivity index (χ1) is 13.6. The van der Waals surface area contributed by atoms with Gasteiger partial charge in [0.15, 0.2) is 17.3 Å². The van der Waals surface area contributed by atoms with Crippen molar-refractivity contribution in [3.8, 4) is 11.5 Å². The number of fused-ring (bicyclic) bond motifs is 1. The van der Waals surface area contributed by atoms with E-state index in [9.17, 15) is 9.59 Å². The first-order valence-corrected chi connectivity index (χ1v) is 9.60. The molecule has 0 saturated heterocycles. The molecule has 0 spiro atoms. The van der Waals surface area contributed by atoms with Crippen molar-refractivity contribution in [2.75, 3.05) is 18.5 Å². The van der Waals surface area contributed by atoms with Gasteiger partial charge in [0.05, 0.1) is 21.2 Å². The number of halogens is 1. The molecule has 0 bridgehead atoms. The molecular formula is C19H15ClN2O5S. The molecule has 2 aromatic heterocycles. The van der Waals surface area contributed by atoms with Gasteiger partial charge in [0.2, 0.25) is 0 Å². The van der Waals surface area contributed by atoms with Crippen LogP contribution in [0, 0.1) is 0 Å². The Hall–Kier alpha value is -2.97. The van der Waals surface area contributed by atoms with Crippen molar-refractivity contribution in [1.82, 2.24) is 5.32 Å². The first-order valence-electron chi connectivity index (χ1n) is 8.41. The molecule has 1 aliphatic rings. The van der Waals surface area contributed by atoms with E-state index in [1.54, 1.807) is 36.4 Å². The maximum absolute atomic E-state index is 12.4. The van der Waals surface area contributed by atoms with Gasteiger partial charge >= 0.3 is 0 Å². The highest BCUT2D eigenvalue weighted by Gasteiger charge is 2.18. The molecule has 4 rings (SSSR count). The molecular weight excluding hydrogens is 404 g/mol. The number of carbonyl (C=O) groups excluding carboxylic acids is 2. The van der Waals surface area contributed by atoms with Crippen LogP contribution >= 0.6 is 22.9 Å². The van der Waals surface area contributed by atoms with E-state index < -0.39 is 0 Å². The number of benzene rings is 1. The summed E-state index contributed by atoms with van der Waals surface area (Å²) in [6.07, 6.45) is 1.42. The Balaban J connectivity index is 1.37. The summed E-state index contributed by atoms with van der Waals surface area (Å²) in [7, 11) is 0. The molecule has 0 radical (unpaired) electrons. The van der Waals surface area contributed by atoms with Gasteiger partial charge in [-0.2, -0.15) is 0 Å². The summed E-state index contributed by atoms with van der Waals surface area (Å²) in [5.41, 5.74) is 0.797. The zero-order valence-corrected chi connectivity index (χ0v) is 16.1. The molecule has 0 aliphatic carbocycles. The average Bonchev–Trinajstić information content (AvgIpc) is 3.38. The summed E-state index contributed by atoms with van der Waals surface area (Å²) in [5.74, 6) is 0.675. The molecule has 3 heterocycles. The van der Waals surface area contributed by atoms with Gasteiger partial charge in [0.1, 0.15) is 13.2 Å². The number of furan rings is 1. The quantitative estimate of drug-likeness (QED) is 0.654. The largest absolute Gasteiger partial charge is 0.486 e. The van der Waals surface area contributed by atoms with Gasteiger partial charge in [-0.15, -0.1) is 11.3 Å². The molecule has 9 heteroatoms. The van der Waals surface area contributed by atoms with Crippen LogP contribution in [0.25, 0.3) is 0 Å². The summed E-state index contributed by atoms with van der Waals surface area (Å²) in [5, 5.41) is 6.52. The van der Waals surface area contributed by atoms with Crippen LogP contribution in [0.15, 0.2) is 47.1 Å². The molecule has 0 atom stereocenters. The number of amides is 2. The van der Waals surface area contributed by atoms with Crippen molar-refractivity contribution in [1.29, 1.82) is 0 Å². The third-order valence-corrected chi connectivity index (χ3v) is 5.20. The van der Waals surface area contributed by atoms with E-state index in [4.69, 9.17) is 25.5 Å². The van der Waals surface area contributed by atoms with Crippen molar-refractivity contribution in [2.45, 2.75) is 6.54 Å². The number of nitrogens with one attached hydrogen (secondary N) is 2. The van der Waals surface area contributed by atoms with Crippen LogP contribution < -0.4 is 20.1 Å². The highest BCUT2D eigenvalue weighted by atomic mass is 35.5. The molecule has 1 aromatic carbocycles. The molecule has 2 amide bonds. The van der Waals surface area contributed by atoms with Crippen LogP contribution in [-0.2, 0) is 6.54 Å². The molecule has 1 aliphatic heterocycles. The van der Waals surface area contributed by atoms with Crippen LogP contribution in [-0.4, -0.2) is 25.0 Å². The maximum Gasteiger partial charge on any atom is 0.291 e. The molecule has 144 valence electrons. The number of anilines is 1. The van der Waals surface area contributed by atoms with Gasteiger partial charge in [-0.25, -0.2) is 0 Å². The SMILES string of the molecule is O=C(Nc1ccc(C(=O)NCc2cc(Cl)c3c(c2)OCCO3)s1)c1ccco1. The third kappa shape index (κ3) is 3.97.